The van der Waals surface area contributed by atoms with Crippen LogP contribution in [0.5, 0.6) is 5.75 Å². The molecule has 2 aromatic rings. The summed E-state index contributed by atoms with van der Waals surface area (Å²) in [5.74, 6) is -0.487. The van der Waals surface area contributed by atoms with Crippen molar-refractivity contribution in [2.45, 2.75) is 32.5 Å². The van der Waals surface area contributed by atoms with Crippen LogP contribution >= 0.6 is 11.6 Å². The van der Waals surface area contributed by atoms with Gasteiger partial charge in [0.25, 0.3) is 5.91 Å². The molecule has 0 aromatic heterocycles. The van der Waals surface area contributed by atoms with Crippen LogP contribution in [0.4, 0.5) is 10.5 Å². The third-order valence-corrected chi connectivity index (χ3v) is 5.87. The molecule has 9 nitrogen and oxygen atoms in total. The first-order valence-electron chi connectivity index (χ1n) is 10.9. The molecule has 2 aromatic carbocycles. The van der Waals surface area contributed by atoms with Crippen LogP contribution in [0.3, 0.4) is 0 Å². The monoisotopic (exact) mass is 489 g/mol. The molecule has 182 valence electrons. The number of hydrogen-bond donors (Lipinski definition) is 2. The Bertz CT molecular complexity index is 1060. The number of anilines is 1. The van der Waals surface area contributed by atoms with Crippen molar-refractivity contribution in [3.63, 3.8) is 0 Å². The lowest BCUT2D eigenvalue weighted by molar-refractivity contribution is -0.143. The van der Waals surface area contributed by atoms with Gasteiger partial charge in [-0.1, -0.05) is 29.8 Å². The second-order valence-electron chi connectivity index (χ2n) is 7.80. The summed E-state index contributed by atoms with van der Waals surface area (Å²) in [5, 5.41) is 12.2. The molecule has 0 saturated carbocycles. The molecule has 0 fully saturated rings. The molecule has 1 heterocycles. The van der Waals surface area contributed by atoms with Crippen LogP contribution in [0, 0.1) is 0 Å². The van der Waals surface area contributed by atoms with E-state index in [1.54, 1.807) is 30.0 Å². The number of aliphatic hydroxyl groups excluding tert-OH is 1. The van der Waals surface area contributed by atoms with E-state index in [0.29, 0.717) is 23.6 Å². The molecule has 0 radical (unpaired) electrons. The summed E-state index contributed by atoms with van der Waals surface area (Å²) in [5.41, 5.74) is 1.72. The standard InChI is InChI=1S/C24H28ClN3O6/c1-4-34-17-9-10-18(19(25)11-17)22(30)28-12-15(2)27(13-16-7-5-6-8-21(16)28)24(32)26-20(14-29)23(31)33-3/h5-11,15,20,29H,4,12-14H2,1-3H3,(H,26,32)/t15-,20?/m1/s1. The van der Waals surface area contributed by atoms with E-state index < -0.39 is 30.7 Å². The number of nitrogens with one attached hydrogen (secondary N) is 1. The van der Waals surface area contributed by atoms with Crippen LogP contribution in [0.15, 0.2) is 42.5 Å². The number of carbonyl (C=O) groups is 3. The van der Waals surface area contributed by atoms with Crippen molar-refractivity contribution in [1.82, 2.24) is 10.2 Å². The number of urea groups is 1. The summed E-state index contributed by atoms with van der Waals surface area (Å²) in [6.07, 6.45) is 0. The molecule has 3 amide bonds. The normalized spacial score (nSPS) is 16.2. The molecule has 0 aliphatic carbocycles. The van der Waals surface area contributed by atoms with Gasteiger partial charge in [0.1, 0.15) is 5.75 Å². The molecule has 0 spiro atoms. The summed E-state index contributed by atoms with van der Waals surface area (Å²) < 4.78 is 10.1. The second kappa shape index (κ2) is 11.2. The minimum absolute atomic E-state index is 0.189. The zero-order valence-corrected chi connectivity index (χ0v) is 20.0. The van der Waals surface area contributed by atoms with E-state index in [1.165, 1.54) is 12.0 Å². The molecular formula is C24H28ClN3O6. The Morgan fingerprint density at radius 3 is 2.62 bits per heavy atom. The Kier molecular flexibility index (Phi) is 8.36. The highest BCUT2D eigenvalue weighted by molar-refractivity contribution is 6.34. The molecule has 0 saturated heterocycles. The Hall–Kier alpha value is -3.30. The Morgan fingerprint density at radius 2 is 1.97 bits per heavy atom. The topological polar surface area (TPSA) is 108 Å². The van der Waals surface area contributed by atoms with Crippen LogP contribution < -0.4 is 15.0 Å². The number of aliphatic hydroxyl groups is 1. The molecule has 34 heavy (non-hydrogen) atoms. The number of halogens is 1. The maximum Gasteiger partial charge on any atom is 0.330 e. The number of esters is 1. The van der Waals surface area contributed by atoms with E-state index in [4.69, 9.17) is 16.3 Å². The number of fused-ring (bicyclic) bond motifs is 1. The molecule has 1 unspecified atom stereocenters. The zero-order valence-electron chi connectivity index (χ0n) is 19.3. The van der Waals surface area contributed by atoms with Crippen LogP contribution in [-0.2, 0) is 16.1 Å². The first kappa shape index (κ1) is 25.3. The summed E-state index contributed by atoms with van der Waals surface area (Å²) in [6, 6.07) is 10.0. The van der Waals surface area contributed by atoms with E-state index in [9.17, 15) is 19.5 Å². The fourth-order valence-corrected chi connectivity index (χ4v) is 4.05. The van der Waals surface area contributed by atoms with Crippen molar-refractivity contribution in [3.8, 4) is 5.75 Å². The van der Waals surface area contributed by atoms with Gasteiger partial charge in [-0.2, -0.15) is 0 Å². The minimum atomic E-state index is -1.19. The second-order valence-corrected chi connectivity index (χ2v) is 8.21. The number of rotatable bonds is 6. The number of para-hydroxylation sites is 1. The molecule has 0 bridgehead atoms. The van der Waals surface area contributed by atoms with Gasteiger partial charge in [-0.3, -0.25) is 4.79 Å². The fourth-order valence-electron chi connectivity index (χ4n) is 3.80. The average molecular weight is 490 g/mol. The molecule has 3 rings (SSSR count). The Labute approximate surface area is 203 Å². The van der Waals surface area contributed by atoms with Gasteiger partial charge in [0.15, 0.2) is 6.04 Å². The summed E-state index contributed by atoms with van der Waals surface area (Å²) in [6.45, 7) is 3.93. The van der Waals surface area contributed by atoms with E-state index in [2.05, 4.69) is 10.1 Å². The Balaban J connectivity index is 1.91. The third-order valence-electron chi connectivity index (χ3n) is 5.56. The van der Waals surface area contributed by atoms with E-state index in [0.717, 1.165) is 5.56 Å². The number of hydrogen-bond acceptors (Lipinski definition) is 6. The average Bonchev–Trinajstić information content (AvgIpc) is 2.98. The van der Waals surface area contributed by atoms with E-state index in [-0.39, 0.29) is 24.0 Å². The van der Waals surface area contributed by atoms with Crippen LogP contribution in [0.25, 0.3) is 0 Å². The van der Waals surface area contributed by atoms with Crippen molar-refractivity contribution in [3.05, 3.63) is 58.6 Å². The highest BCUT2D eigenvalue weighted by atomic mass is 35.5. The summed E-state index contributed by atoms with van der Waals surface area (Å²) >= 11 is 6.41. The summed E-state index contributed by atoms with van der Waals surface area (Å²) in [7, 11) is 1.18. The maximum atomic E-state index is 13.6. The minimum Gasteiger partial charge on any atom is -0.494 e. The first-order chi connectivity index (χ1) is 16.3. The quantitative estimate of drug-likeness (QED) is 0.604. The number of amides is 3. The van der Waals surface area contributed by atoms with Crippen molar-refractivity contribution in [2.24, 2.45) is 0 Å². The van der Waals surface area contributed by atoms with E-state index in [1.807, 2.05) is 31.2 Å². The Morgan fingerprint density at radius 1 is 1.24 bits per heavy atom. The zero-order chi connectivity index (χ0) is 24.8. The predicted molar refractivity (Wildman–Crippen MR) is 127 cm³/mol. The fraction of sp³-hybridized carbons (Fsp3) is 0.375. The van der Waals surface area contributed by atoms with Gasteiger partial charge < -0.3 is 29.7 Å². The van der Waals surface area contributed by atoms with Crippen molar-refractivity contribution < 1.29 is 29.0 Å². The van der Waals surface area contributed by atoms with Crippen molar-refractivity contribution >= 4 is 35.2 Å². The SMILES string of the molecule is CCOc1ccc(C(=O)N2C[C@@H](C)N(C(=O)NC(CO)C(=O)OC)Cc3ccccc32)c(Cl)c1. The number of carbonyl (C=O) groups excluding carboxylic acids is 3. The van der Waals surface area contributed by atoms with Gasteiger partial charge in [-0.05, 0) is 43.7 Å². The summed E-state index contributed by atoms with van der Waals surface area (Å²) in [4.78, 5) is 41.5. The van der Waals surface area contributed by atoms with Crippen LogP contribution in [0.2, 0.25) is 5.02 Å². The number of methoxy groups -OCH3 is 1. The number of nitrogens with zero attached hydrogens (tertiary/aromatic N) is 2. The lowest BCUT2D eigenvalue weighted by atomic mass is 10.1. The molecule has 10 heteroatoms. The lowest BCUT2D eigenvalue weighted by Crippen LogP contribution is -2.53. The van der Waals surface area contributed by atoms with Crippen molar-refractivity contribution in [2.75, 3.05) is 31.8 Å². The number of benzene rings is 2. The van der Waals surface area contributed by atoms with Gasteiger partial charge in [0, 0.05) is 24.8 Å². The van der Waals surface area contributed by atoms with E-state index >= 15 is 0 Å². The van der Waals surface area contributed by atoms with Crippen molar-refractivity contribution in [1.29, 1.82) is 0 Å². The van der Waals surface area contributed by atoms with Gasteiger partial charge in [0.05, 0.1) is 30.9 Å². The molecule has 2 N–H and O–H groups in total. The van der Waals surface area contributed by atoms with Gasteiger partial charge >= 0.3 is 12.0 Å². The third kappa shape index (κ3) is 5.43. The van der Waals surface area contributed by atoms with Gasteiger partial charge in [-0.15, -0.1) is 0 Å². The smallest absolute Gasteiger partial charge is 0.330 e. The molecule has 1 aliphatic rings. The molecular weight excluding hydrogens is 462 g/mol. The van der Waals surface area contributed by atoms with Crippen LogP contribution in [-0.4, -0.2) is 66.9 Å². The van der Waals surface area contributed by atoms with Gasteiger partial charge in [-0.25, -0.2) is 9.59 Å². The largest absolute Gasteiger partial charge is 0.494 e. The molecule has 1 aliphatic heterocycles. The predicted octanol–water partition coefficient (Wildman–Crippen LogP) is 2.83. The first-order valence-corrected chi connectivity index (χ1v) is 11.3. The van der Waals surface area contributed by atoms with Crippen LogP contribution in [0.1, 0.15) is 29.8 Å². The highest BCUT2D eigenvalue weighted by Gasteiger charge is 2.33. The number of ether oxygens (including phenoxy) is 2. The van der Waals surface area contributed by atoms with Gasteiger partial charge in [0.2, 0.25) is 0 Å². The maximum absolute atomic E-state index is 13.6. The molecule has 2 atom stereocenters. The highest BCUT2D eigenvalue weighted by Crippen LogP contribution is 2.31. The lowest BCUT2D eigenvalue weighted by Gasteiger charge is -2.30.